The smallest absolute Gasteiger partial charge is 0.374 e. The van der Waals surface area contributed by atoms with Crippen LogP contribution < -0.4 is 19.5 Å². The lowest BCUT2D eigenvalue weighted by molar-refractivity contribution is -0.777. The first-order valence-corrected chi connectivity index (χ1v) is 17.2. The number of benzene rings is 2. The predicted octanol–water partition coefficient (Wildman–Crippen LogP) is 5.83. The van der Waals surface area contributed by atoms with Gasteiger partial charge in [-0.15, -0.1) is 11.3 Å². The standard InChI is InChI=1S/C29H29ClN2O8S3/c1-2-20(17-29-32(12-5-15-43(34,35)36)24-19-22(30)8-10-26(24)38-29)16-28-31(11-4-14-42-40-39-33)23-18-21(7-9-25(23)37-28)27-6-3-13-41-27/h3,6-10,13,16-19H,2,4-5,11-12,14-15H2,1H3,(H-,33,34,35,36)/p-1. The van der Waals surface area contributed by atoms with E-state index >= 15 is 0 Å². The third-order valence-electron chi connectivity index (χ3n) is 6.72. The second-order valence-electron chi connectivity index (χ2n) is 9.60. The molecule has 0 amide bonds. The minimum atomic E-state index is -4.36. The van der Waals surface area contributed by atoms with Gasteiger partial charge in [0.2, 0.25) is 11.5 Å². The zero-order valence-corrected chi connectivity index (χ0v) is 26.3. The average Bonchev–Trinajstić information content (AvgIpc) is 3.70. The fraction of sp³-hybridized carbons (Fsp3) is 0.276. The van der Waals surface area contributed by atoms with Gasteiger partial charge in [-0.25, -0.2) is 8.42 Å². The number of ether oxygens (including phenoxy) is 1. The van der Waals surface area contributed by atoms with E-state index in [1.54, 1.807) is 29.5 Å². The molecule has 0 aliphatic carbocycles. The molecular formula is C29H28ClN2O8S3-. The summed E-state index contributed by atoms with van der Waals surface area (Å²) in [5, 5.41) is 16.2. The first kappa shape index (κ1) is 31.5. The first-order chi connectivity index (χ1) is 20.8. The summed E-state index contributed by atoms with van der Waals surface area (Å²) < 4.78 is 52.7. The Morgan fingerprint density at radius 1 is 1.21 bits per heavy atom. The summed E-state index contributed by atoms with van der Waals surface area (Å²) in [5.74, 6) is 1.74. The quantitative estimate of drug-likeness (QED) is 0.0406. The molecule has 2 aromatic heterocycles. The van der Waals surface area contributed by atoms with Gasteiger partial charge in [-0.3, -0.25) is 5.04 Å². The maximum absolute atomic E-state index is 11.2. The highest BCUT2D eigenvalue weighted by atomic mass is 35.5. The number of aryl methyl sites for hydroxylation is 1. The van der Waals surface area contributed by atoms with Crippen molar-refractivity contribution in [3.05, 3.63) is 82.4 Å². The van der Waals surface area contributed by atoms with Crippen LogP contribution in [0.25, 0.3) is 27.6 Å². The summed E-state index contributed by atoms with van der Waals surface area (Å²) in [6, 6.07) is 15.4. The second-order valence-corrected chi connectivity index (χ2v) is 13.3. The number of rotatable bonds is 14. The predicted molar refractivity (Wildman–Crippen MR) is 164 cm³/mol. The number of fused-ring (bicyclic) bond motifs is 2. The first-order valence-electron chi connectivity index (χ1n) is 13.4. The Labute approximate surface area is 262 Å². The molecule has 0 unspecified atom stereocenters. The Hall–Kier alpha value is -2.88. The third kappa shape index (κ3) is 7.99. The molecule has 0 N–H and O–H groups in total. The molecule has 43 heavy (non-hydrogen) atoms. The van der Waals surface area contributed by atoms with E-state index in [0.717, 1.165) is 39.2 Å². The SMILES string of the molecule is CCC(/C=C1\Oc2ccc(Cl)cc2N1CCCS(=O)(=O)[O-])=C\c1oc2ccc(-c3cccs3)cc2[n+]1CCCSOO[O-]. The van der Waals surface area contributed by atoms with Crippen LogP contribution in [0.1, 0.15) is 32.1 Å². The van der Waals surface area contributed by atoms with Gasteiger partial charge >= 0.3 is 5.89 Å². The van der Waals surface area contributed by atoms with Crippen molar-refractivity contribution < 1.29 is 41.3 Å². The molecular weight excluding hydrogens is 636 g/mol. The fourth-order valence-corrected chi connectivity index (χ4v) is 6.47. The zero-order chi connectivity index (χ0) is 30.4. The van der Waals surface area contributed by atoms with E-state index in [1.807, 2.05) is 47.6 Å². The van der Waals surface area contributed by atoms with Crippen LogP contribution >= 0.6 is 35.0 Å². The van der Waals surface area contributed by atoms with E-state index in [4.69, 9.17) is 20.8 Å². The van der Waals surface area contributed by atoms with Crippen molar-refractivity contribution in [2.45, 2.75) is 32.7 Å². The van der Waals surface area contributed by atoms with Crippen molar-refractivity contribution in [1.82, 2.24) is 0 Å². The number of anilines is 1. The second kappa shape index (κ2) is 14.3. The average molecular weight is 664 g/mol. The highest BCUT2D eigenvalue weighted by Crippen LogP contribution is 2.41. The molecule has 228 valence electrons. The lowest BCUT2D eigenvalue weighted by Gasteiger charge is -2.19. The van der Waals surface area contributed by atoms with Gasteiger partial charge in [0.15, 0.2) is 12.3 Å². The molecule has 2 aromatic carbocycles. The summed E-state index contributed by atoms with van der Waals surface area (Å²) in [6.45, 7) is 2.85. The van der Waals surface area contributed by atoms with Crippen LogP contribution in [0.5, 0.6) is 5.75 Å². The molecule has 14 heteroatoms. The van der Waals surface area contributed by atoms with Gasteiger partial charge in [0, 0.05) is 58.6 Å². The Morgan fingerprint density at radius 3 is 2.81 bits per heavy atom. The normalized spacial score (nSPS) is 14.6. The molecule has 4 aromatic rings. The van der Waals surface area contributed by atoms with Crippen LogP contribution in [0, 0.1) is 0 Å². The number of thiophene rings is 1. The van der Waals surface area contributed by atoms with Gasteiger partial charge in [-0.05, 0) is 65.8 Å². The van der Waals surface area contributed by atoms with Crippen molar-refractivity contribution in [2.75, 3.05) is 23.0 Å². The number of oxazole rings is 1. The van der Waals surface area contributed by atoms with Crippen molar-refractivity contribution in [2.24, 2.45) is 0 Å². The van der Waals surface area contributed by atoms with Crippen LogP contribution in [0.2, 0.25) is 5.02 Å². The number of aromatic nitrogens is 1. The minimum Gasteiger partial charge on any atom is -0.748 e. The lowest BCUT2D eigenvalue weighted by Crippen LogP contribution is -2.35. The van der Waals surface area contributed by atoms with Crippen LogP contribution in [-0.4, -0.2) is 31.0 Å². The van der Waals surface area contributed by atoms with E-state index in [1.165, 1.54) is 0 Å². The summed E-state index contributed by atoms with van der Waals surface area (Å²) in [7, 11) is -4.36. The van der Waals surface area contributed by atoms with E-state index in [2.05, 4.69) is 26.1 Å². The molecule has 1 aliphatic rings. The van der Waals surface area contributed by atoms with Crippen molar-refractivity contribution in [1.29, 1.82) is 0 Å². The van der Waals surface area contributed by atoms with Gasteiger partial charge < -0.3 is 23.9 Å². The molecule has 0 bridgehead atoms. The molecule has 3 heterocycles. The summed E-state index contributed by atoms with van der Waals surface area (Å²) in [4.78, 5) is 2.97. The lowest BCUT2D eigenvalue weighted by atomic mass is 10.1. The van der Waals surface area contributed by atoms with Crippen LogP contribution in [0.3, 0.4) is 0 Å². The Morgan fingerprint density at radius 2 is 2.07 bits per heavy atom. The third-order valence-corrected chi connectivity index (χ3v) is 9.27. The molecule has 0 spiro atoms. The fourth-order valence-electron chi connectivity index (χ4n) is 4.75. The maximum atomic E-state index is 11.2. The van der Waals surface area contributed by atoms with E-state index < -0.39 is 15.9 Å². The van der Waals surface area contributed by atoms with Crippen molar-refractivity contribution in [3.63, 3.8) is 0 Å². The summed E-state index contributed by atoms with van der Waals surface area (Å²) >= 11 is 8.85. The highest BCUT2D eigenvalue weighted by molar-refractivity contribution is 7.94. The highest BCUT2D eigenvalue weighted by Gasteiger charge is 2.27. The number of nitrogens with zero attached hydrogens (tertiary/aromatic N) is 2. The van der Waals surface area contributed by atoms with Gasteiger partial charge in [0.1, 0.15) is 0 Å². The zero-order valence-electron chi connectivity index (χ0n) is 23.1. The molecule has 0 saturated heterocycles. The monoisotopic (exact) mass is 663 g/mol. The molecule has 0 radical (unpaired) electrons. The van der Waals surface area contributed by atoms with E-state index in [9.17, 15) is 18.2 Å². The van der Waals surface area contributed by atoms with Gasteiger partial charge in [-0.2, -0.15) is 8.90 Å². The van der Waals surface area contributed by atoms with Crippen LogP contribution in [-0.2, 0) is 26.0 Å². The number of halogens is 1. The summed E-state index contributed by atoms with van der Waals surface area (Å²) in [6.07, 6.45) is 5.26. The minimum absolute atomic E-state index is 0.124. The Kier molecular flexibility index (Phi) is 10.5. The molecule has 10 nitrogen and oxygen atoms in total. The van der Waals surface area contributed by atoms with Gasteiger partial charge in [-0.1, -0.05) is 24.6 Å². The molecule has 1 aliphatic heterocycles. The number of hydrogen-bond donors (Lipinski definition) is 0. The molecule has 0 fully saturated rings. The topological polar surface area (TPSA) is 128 Å². The van der Waals surface area contributed by atoms with Gasteiger partial charge in [0.05, 0.1) is 21.9 Å². The Balaban J connectivity index is 1.50. The Bertz CT molecular complexity index is 1740. The molecule has 0 atom stereocenters. The van der Waals surface area contributed by atoms with Gasteiger partial charge in [0.25, 0.3) is 5.52 Å². The largest absolute Gasteiger partial charge is 0.748 e. The number of allylic oxidation sites excluding steroid dienone is 2. The van der Waals surface area contributed by atoms with Crippen LogP contribution in [0.15, 0.2) is 75.9 Å². The summed E-state index contributed by atoms with van der Waals surface area (Å²) in [5.41, 5.74) is 4.31. The number of hydrogen-bond acceptors (Lipinski definition) is 11. The van der Waals surface area contributed by atoms with Crippen LogP contribution in [0.4, 0.5) is 5.69 Å². The molecule has 5 rings (SSSR count). The maximum Gasteiger partial charge on any atom is 0.374 e. The van der Waals surface area contributed by atoms with Crippen molar-refractivity contribution >= 4 is 68.0 Å². The van der Waals surface area contributed by atoms with Crippen molar-refractivity contribution in [3.8, 4) is 16.2 Å². The van der Waals surface area contributed by atoms with E-state index in [0.29, 0.717) is 53.4 Å². The molecule has 0 saturated carbocycles. The van der Waals surface area contributed by atoms with E-state index in [-0.39, 0.29) is 13.0 Å².